The maximum Gasteiger partial charge on any atom is 0.226 e. The van der Waals surface area contributed by atoms with E-state index in [1.54, 1.807) is 0 Å². The summed E-state index contributed by atoms with van der Waals surface area (Å²) in [4.78, 5) is 12.5. The number of nitrogens with one attached hydrogen (secondary N) is 2. The van der Waals surface area contributed by atoms with E-state index in [0.29, 0.717) is 6.54 Å². The molecule has 3 heteroatoms. The highest BCUT2D eigenvalue weighted by Crippen LogP contribution is 2.32. The zero-order valence-corrected chi connectivity index (χ0v) is 12.0. The summed E-state index contributed by atoms with van der Waals surface area (Å²) in [6.45, 7) is 6.73. The molecule has 19 heavy (non-hydrogen) atoms. The van der Waals surface area contributed by atoms with Gasteiger partial charge in [-0.2, -0.15) is 0 Å². The maximum absolute atomic E-state index is 12.5. The molecule has 0 atom stereocenters. The Hall–Kier alpha value is -1.35. The van der Waals surface area contributed by atoms with Gasteiger partial charge in [0.05, 0.1) is 5.41 Å². The fourth-order valence-corrected chi connectivity index (χ4v) is 2.84. The number of amides is 1. The minimum absolute atomic E-state index is 0.158. The van der Waals surface area contributed by atoms with Gasteiger partial charge in [-0.15, -0.1) is 0 Å². The van der Waals surface area contributed by atoms with Crippen molar-refractivity contribution in [3.8, 4) is 0 Å². The Balaban J connectivity index is 1.96. The molecule has 2 rings (SSSR count). The quantitative estimate of drug-likeness (QED) is 0.873. The van der Waals surface area contributed by atoms with E-state index in [0.717, 1.165) is 32.4 Å². The van der Waals surface area contributed by atoms with Crippen molar-refractivity contribution < 1.29 is 4.79 Å². The number of benzene rings is 1. The Kier molecular flexibility index (Phi) is 4.59. The first-order valence-corrected chi connectivity index (χ1v) is 7.21. The average molecular weight is 260 g/mol. The van der Waals surface area contributed by atoms with E-state index in [4.69, 9.17) is 0 Å². The van der Waals surface area contributed by atoms with Crippen LogP contribution in [0.1, 0.15) is 37.3 Å². The van der Waals surface area contributed by atoms with Crippen molar-refractivity contribution in [3.63, 3.8) is 0 Å². The normalized spacial score (nSPS) is 18.0. The number of rotatable bonds is 4. The Morgan fingerprint density at radius 3 is 2.74 bits per heavy atom. The van der Waals surface area contributed by atoms with E-state index < -0.39 is 0 Å². The second kappa shape index (κ2) is 6.20. The first kappa shape index (κ1) is 14.1. The van der Waals surface area contributed by atoms with Crippen molar-refractivity contribution in [2.24, 2.45) is 5.41 Å². The second-order valence-corrected chi connectivity index (χ2v) is 5.56. The van der Waals surface area contributed by atoms with Gasteiger partial charge in [-0.25, -0.2) is 0 Å². The van der Waals surface area contributed by atoms with Crippen LogP contribution in [0.25, 0.3) is 0 Å². The van der Waals surface area contributed by atoms with E-state index in [2.05, 4.69) is 42.7 Å². The number of piperidine rings is 1. The smallest absolute Gasteiger partial charge is 0.226 e. The Morgan fingerprint density at radius 2 is 2.11 bits per heavy atom. The molecule has 1 amide bonds. The first-order valence-electron chi connectivity index (χ1n) is 7.21. The summed E-state index contributed by atoms with van der Waals surface area (Å²) in [6, 6.07) is 8.30. The molecule has 0 bridgehead atoms. The predicted molar refractivity (Wildman–Crippen MR) is 77.9 cm³/mol. The minimum Gasteiger partial charge on any atom is -0.352 e. The van der Waals surface area contributed by atoms with Crippen LogP contribution in [0, 0.1) is 12.3 Å². The highest BCUT2D eigenvalue weighted by atomic mass is 16.2. The lowest BCUT2D eigenvalue weighted by molar-refractivity contribution is -0.133. The predicted octanol–water partition coefficient (Wildman–Crippen LogP) is 2.39. The molecule has 0 radical (unpaired) electrons. The van der Waals surface area contributed by atoms with Gasteiger partial charge in [0.2, 0.25) is 5.91 Å². The molecule has 1 fully saturated rings. The fraction of sp³-hybridized carbons (Fsp3) is 0.562. The van der Waals surface area contributed by atoms with Gasteiger partial charge >= 0.3 is 0 Å². The van der Waals surface area contributed by atoms with Crippen molar-refractivity contribution in [2.45, 2.75) is 39.7 Å². The molecule has 1 aliphatic heterocycles. The minimum atomic E-state index is -0.158. The first-order chi connectivity index (χ1) is 9.16. The van der Waals surface area contributed by atoms with Crippen molar-refractivity contribution in [1.29, 1.82) is 0 Å². The molecule has 1 heterocycles. The van der Waals surface area contributed by atoms with Gasteiger partial charge in [0.1, 0.15) is 0 Å². The van der Waals surface area contributed by atoms with Crippen LogP contribution in [-0.4, -0.2) is 19.0 Å². The third kappa shape index (κ3) is 3.35. The van der Waals surface area contributed by atoms with E-state index in [1.165, 1.54) is 11.1 Å². The molecular formula is C16H24N2O. The fourth-order valence-electron chi connectivity index (χ4n) is 2.84. The largest absolute Gasteiger partial charge is 0.352 e. The van der Waals surface area contributed by atoms with Crippen LogP contribution in [0.15, 0.2) is 24.3 Å². The van der Waals surface area contributed by atoms with Crippen LogP contribution in [0.4, 0.5) is 0 Å². The number of hydrogen-bond acceptors (Lipinski definition) is 2. The summed E-state index contributed by atoms with van der Waals surface area (Å²) >= 11 is 0. The van der Waals surface area contributed by atoms with Crippen LogP contribution in [0.2, 0.25) is 0 Å². The Morgan fingerprint density at radius 1 is 1.37 bits per heavy atom. The molecule has 1 aromatic rings. The van der Waals surface area contributed by atoms with Crippen LogP contribution >= 0.6 is 0 Å². The molecule has 1 saturated heterocycles. The standard InChI is InChI=1S/C16H24N2O/c1-3-16(7-9-17-10-8-16)15(19)18-12-14-6-4-5-13(2)11-14/h4-6,11,17H,3,7-10,12H2,1-2H3,(H,18,19). The zero-order chi connectivity index (χ0) is 13.7. The van der Waals surface area contributed by atoms with E-state index in [9.17, 15) is 4.79 Å². The summed E-state index contributed by atoms with van der Waals surface area (Å²) in [6.07, 6.45) is 2.82. The lowest BCUT2D eigenvalue weighted by Crippen LogP contribution is -2.47. The molecule has 0 unspecified atom stereocenters. The molecule has 1 aliphatic rings. The topological polar surface area (TPSA) is 41.1 Å². The van der Waals surface area contributed by atoms with Crippen molar-refractivity contribution in [1.82, 2.24) is 10.6 Å². The number of carbonyl (C=O) groups is 1. The second-order valence-electron chi connectivity index (χ2n) is 5.56. The molecule has 0 saturated carbocycles. The Bertz CT molecular complexity index is 436. The van der Waals surface area contributed by atoms with Gasteiger partial charge in [-0.3, -0.25) is 4.79 Å². The van der Waals surface area contributed by atoms with Gasteiger partial charge in [-0.05, 0) is 44.8 Å². The van der Waals surface area contributed by atoms with E-state index >= 15 is 0 Å². The summed E-state index contributed by atoms with van der Waals surface area (Å²) in [5, 5.41) is 6.45. The highest BCUT2D eigenvalue weighted by Gasteiger charge is 2.37. The van der Waals surface area contributed by atoms with Crippen LogP contribution < -0.4 is 10.6 Å². The SMILES string of the molecule is CCC1(C(=O)NCc2cccc(C)c2)CCNCC1. The highest BCUT2D eigenvalue weighted by molar-refractivity contribution is 5.82. The van der Waals surface area contributed by atoms with Gasteiger partial charge in [0.15, 0.2) is 0 Å². The molecule has 104 valence electrons. The van der Waals surface area contributed by atoms with Crippen LogP contribution in [-0.2, 0) is 11.3 Å². The summed E-state index contributed by atoms with van der Waals surface area (Å²) < 4.78 is 0. The Labute approximate surface area is 115 Å². The lowest BCUT2D eigenvalue weighted by atomic mass is 9.76. The molecule has 0 spiro atoms. The maximum atomic E-state index is 12.5. The number of carbonyl (C=O) groups excluding carboxylic acids is 1. The molecule has 0 aromatic heterocycles. The lowest BCUT2D eigenvalue weighted by Gasteiger charge is -2.35. The van der Waals surface area contributed by atoms with E-state index in [1.807, 2.05) is 6.07 Å². The van der Waals surface area contributed by atoms with Crippen molar-refractivity contribution in [2.75, 3.05) is 13.1 Å². The molecule has 3 nitrogen and oxygen atoms in total. The van der Waals surface area contributed by atoms with E-state index in [-0.39, 0.29) is 11.3 Å². The number of aryl methyl sites for hydroxylation is 1. The molecule has 1 aromatic carbocycles. The van der Waals surface area contributed by atoms with Crippen LogP contribution in [0.5, 0.6) is 0 Å². The summed E-state index contributed by atoms with van der Waals surface area (Å²) in [5.74, 6) is 0.220. The van der Waals surface area contributed by atoms with Gasteiger partial charge in [0.25, 0.3) is 0 Å². The third-order valence-corrected chi connectivity index (χ3v) is 4.25. The summed E-state index contributed by atoms with van der Waals surface area (Å²) in [7, 11) is 0. The van der Waals surface area contributed by atoms with Gasteiger partial charge in [-0.1, -0.05) is 36.8 Å². The molecule has 2 N–H and O–H groups in total. The summed E-state index contributed by atoms with van der Waals surface area (Å²) in [5.41, 5.74) is 2.25. The third-order valence-electron chi connectivity index (χ3n) is 4.25. The van der Waals surface area contributed by atoms with Crippen LogP contribution in [0.3, 0.4) is 0 Å². The van der Waals surface area contributed by atoms with Crippen molar-refractivity contribution >= 4 is 5.91 Å². The number of hydrogen-bond donors (Lipinski definition) is 2. The molecule has 0 aliphatic carbocycles. The van der Waals surface area contributed by atoms with Crippen molar-refractivity contribution in [3.05, 3.63) is 35.4 Å². The zero-order valence-electron chi connectivity index (χ0n) is 12.0. The average Bonchev–Trinajstić information content (AvgIpc) is 2.45. The molecular weight excluding hydrogens is 236 g/mol. The van der Waals surface area contributed by atoms with Gasteiger partial charge < -0.3 is 10.6 Å². The monoisotopic (exact) mass is 260 g/mol. The van der Waals surface area contributed by atoms with Gasteiger partial charge in [0, 0.05) is 6.54 Å².